The van der Waals surface area contributed by atoms with Crippen molar-refractivity contribution >= 4 is 0 Å². The van der Waals surface area contributed by atoms with Crippen molar-refractivity contribution in [2.75, 3.05) is 0 Å². The monoisotopic (exact) mass is 374 g/mol. The zero-order valence-corrected chi connectivity index (χ0v) is 19.8. The molecule has 158 valence electrons. The summed E-state index contributed by atoms with van der Waals surface area (Å²) in [7, 11) is 0. The highest BCUT2D eigenvalue weighted by Crippen LogP contribution is 2.64. The number of hydrogen-bond acceptors (Lipinski definition) is 0. The quantitative estimate of drug-likeness (QED) is 0.308. The molecule has 0 saturated heterocycles. The van der Waals surface area contributed by atoms with Gasteiger partial charge in [-0.1, -0.05) is 86.3 Å². The lowest BCUT2D eigenvalue weighted by Gasteiger charge is -2.55. The van der Waals surface area contributed by atoms with Gasteiger partial charge in [-0.05, 0) is 85.4 Å². The first kappa shape index (κ1) is 23.0. The normalized spacial score (nSPS) is 40.3. The second-order valence-electron chi connectivity index (χ2n) is 10.8. The van der Waals surface area contributed by atoms with E-state index in [9.17, 15) is 0 Å². The topological polar surface area (TPSA) is 0 Å². The van der Waals surface area contributed by atoms with E-state index in [4.69, 9.17) is 0 Å². The second kappa shape index (κ2) is 9.98. The van der Waals surface area contributed by atoms with E-state index in [1.807, 2.05) is 13.8 Å². The molecule has 0 nitrogen and oxygen atoms in total. The summed E-state index contributed by atoms with van der Waals surface area (Å²) in [4.78, 5) is 0. The highest BCUT2D eigenvalue weighted by atomic mass is 14.6. The van der Waals surface area contributed by atoms with Crippen LogP contribution in [0, 0.1) is 40.4 Å². The van der Waals surface area contributed by atoms with Crippen LogP contribution in [-0.4, -0.2) is 0 Å². The Hall–Kier alpha value is -0.260. The van der Waals surface area contributed by atoms with Gasteiger partial charge in [0.15, 0.2) is 0 Å². The Bertz CT molecular complexity index is 461. The minimum absolute atomic E-state index is 0.494. The van der Waals surface area contributed by atoms with Crippen molar-refractivity contribution in [3.8, 4) is 0 Å². The lowest BCUT2D eigenvalue weighted by atomic mass is 9.50. The molecular formula is C27H50. The van der Waals surface area contributed by atoms with Crippen LogP contribution in [0.2, 0.25) is 0 Å². The highest BCUT2D eigenvalue weighted by Gasteiger charge is 2.56. The molecule has 3 aliphatic rings. The van der Waals surface area contributed by atoms with Gasteiger partial charge in [-0.15, -0.1) is 0 Å². The highest BCUT2D eigenvalue weighted by molar-refractivity contribution is 5.14. The third-order valence-corrected chi connectivity index (χ3v) is 8.76. The van der Waals surface area contributed by atoms with Crippen LogP contribution >= 0.6 is 0 Å². The van der Waals surface area contributed by atoms with Gasteiger partial charge in [0.2, 0.25) is 0 Å². The van der Waals surface area contributed by atoms with Crippen LogP contribution in [0.15, 0.2) is 12.2 Å². The Balaban J connectivity index is 0.00000126. The molecule has 0 aromatic rings. The van der Waals surface area contributed by atoms with Crippen molar-refractivity contribution in [3.63, 3.8) is 0 Å². The molecule has 0 N–H and O–H groups in total. The minimum atomic E-state index is 0.494. The van der Waals surface area contributed by atoms with Crippen molar-refractivity contribution in [2.24, 2.45) is 40.4 Å². The van der Waals surface area contributed by atoms with Gasteiger partial charge in [-0.25, -0.2) is 0 Å². The molecule has 3 rings (SSSR count). The van der Waals surface area contributed by atoms with Gasteiger partial charge in [0.1, 0.15) is 0 Å². The molecule has 0 radical (unpaired) electrons. The molecule has 0 amide bonds. The lowest BCUT2D eigenvalue weighted by Crippen LogP contribution is -2.47. The fourth-order valence-corrected chi connectivity index (χ4v) is 7.39. The van der Waals surface area contributed by atoms with Crippen LogP contribution < -0.4 is 0 Å². The van der Waals surface area contributed by atoms with Gasteiger partial charge < -0.3 is 0 Å². The maximum Gasteiger partial charge on any atom is -0.0116 e. The number of hydrogen-bond donors (Lipinski definition) is 0. The first-order valence-electron chi connectivity index (χ1n) is 12.6. The van der Waals surface area contributed by atoms with Gasteiger partial charge in [0, 0.05) is 0 Å². The summed E-state index contributed by atoms with van der Waals surface area (Å²) >= 11 is 0. The van der Waals surface area contributed by atoms with Crippen molar-refractivity contribution in [2.45, 2.75) is 119 Å². The summed E-state index contributed by atoms with van der Waals surface area (Å²) in [6.45, 7) is 16.4. The molecular weight excluding hydrogens is 324 g/mol. The molecule has 0 heteroatoms. The van der Waals surface area contributed by atoms with E-state index in [0.29, 0.717) is 10.8 Å². The minimum Gasteiger partial charge on any atom is -0.0877 e. The van der Waals surface area contributed by atoms with Crippen LogP contribution in [0.1, 0.15) is 119 Å². The molecule has 3 unspecified atom stereocenters. The summed E-state index contributed by atoms with van der Waals surface area (Å²) in [5, 5.41) is 0. The molecule has 0 aromatic heterocycles. The standard InChI is InChI=1S/C25H44.C2H6/c1-6-16-24(4)17-9-12-21-22(24)15-18-25(5)20(13-14-23(21)25)11-8-7-10-19(2)3;1-2/h9,17,19-23H,6-8,10-16,18H2,1-5H3;1-2H3/t20-,21?,22?,23?,24-,25+;/m0./s1. The summed E-state index contributed by atoms with van der Waals surface area (Å²) in [5.74, 6) is 4.88. The van der Waals surface area contributed by atoms with Crippen molar-refractivity contribution in [1.82, 2.24) is 0 Å². The fourth-order valence-electron chi connectivity index (χ4n) is 7.39. The average molecular weight is 375 g/mol. The molecule has 0 heterocycles. The smallest absolute Gasteiger partial charge is 0.0116 e. The SMILES string of the molecule is CC.CCC[C@@]1(C)C=CCC2C3CC[C@H](CCCCC(C)C)[C@@]3(C)CCC21. The zero-order valence-electron chi connectivity index (χ0n) is 19.8. The molecule has 2 fully saturated rings. The Morgan fingerprint density at radius 1 is 1.00 bits per heavy atom. The second-order valence-corrected chi connectivity index (χ2v) is 10.8. The first-order chi connectivity index (χ1) is 12.9. The Kier molecular flexibility index (Phi) is 8.51. The average Bonchev–Trinajstić information content (AvgIpc) is 2.97. The lowest BCUT2D eigenvalue weighted by molar-refractivity contribution is -0.0336. The first-order valence-corrected chi connectivity index (χ1v) is 12.6. The van der Waals surface area contributed by atoms with E-state index in [-0.39, 0.29) is 0 Å². The molecule has 27 heavy (non-hydrogen) atoms. The van der Waals surface area contributed by atoms with E-state index in [2.05, 4.69) is 46.8 Å². The van der Waals surface area contributed by atoms with Gasteiger partial charge in [0.25, 0.3) is 0 Å². The van der Waals surface area contributed by atoms with E-state index in [0.717, 1.165) is 29.6 Å². The van der Waals surface area contributed by atoms with E-state index in [1.165, 1.54) is 70.6 Å². The summed E-state index contributed by atoms with van der Waals surface area (Å²) in [5.41, 5.74) is 1.16. The van der Waals surface area contributed by atoms with Crippen LogP contribution in [-0.2, 0) is 0 Å². The molecule has 6 atom stereocenters. The maximum atomic E-state index is 2.70. The Morgan fingerprint density at radius 3 is 2.41 bits per heavy atom. The predicted molar refractivity (Wildman–Crippen MR) is 122 cm³/mol. The van der Waals surface area contributed by atoms with E-state index < -0.39 is 0 Å². The van der Waals surface area contributed by atoms with Gasteiger partial charge in [-0.3, -0.25) is 0 Å². The fraction of sp³-hybridized carbons (Fsp3) is 0.926. The van der Waals surface area contributed by atoms with Crippen LogP contribution in [0.4, 0.5) is 0 Å². The number of unbranched alkanes of at least 4 members (excludes halogenated alkanes) is 1. The predicted octanol–water partition coefficient (Wildman–Crippen LogP) is 9.05. The Morgan fingerprint density at radius 2 is 1.74 bits per heavy atom. The largest absolute Gasteiger partial charge is 0.0877 e. The third-order valence-electron chi connectivity index (χ3n) is 8.76. The molecule has 3 aliphatic carbocycles. The number of fused-ring (bicyclic) bond motifs is 3. The van der Waals surface area contributed by atoms with Crippen molar-refractivity contribution in [3.05, 3.63) is 12.2 Å². The van der Waals surface area contributed by atoms with Gasteiger partial charge in [-0.2, -0.15) is 0 Å². The van der Waals surface area contributed by atoms with Crippen molar-refractivity contribution < 1.29 is 0 Å². The van der Waals surface area contributed by atoms with E-state index in [1.54, 1.807) is 0 Å². The Labute approximate surface area is 172 Å². The van der Waals surface area contributed by atoms with Crippen molar-refractivity contribution in [1.29, 1.82) is 0 Å². The molecule has 0 aliphatic heterocycles. The molecule has 0 bridgehead atoms. The van der Waals surface area contributed by atoms with Crippen LogP contribution in [0.3, 0.4) is 0 Å². The third kappa shape index (κ3) is 4.84. The van der Waals surface area contributed by atoms with Crippen LogP contribution in [0.25, 0.3) is 0 Å². The molecule has 2 saturated carbocycles. The van der Waals surface area contributed by atoms with Gasteiger partial charge >= 0.3 is 0 Å². The number of rotatable bonds is 7. The molecule has 0 aromatic carbocycles. The number of allylic oxidation sites excluding steroid dienone is 2. The molecule has 0 spiro atoms. The van der Waals surface area contributed by atoms with Gasteiger partial charge in [0.05, 0.1) is 0 Å². The summed E-state index contributed by atoms with van der Waals surface area (Å²) < 4.78 is 0. The summed E-state index contributed by atoms with van der Waals surface area (Å²) in [6.07, 6.45) is 21.2. The summed E-state index contributed by atoms with van der Waals surface area (Å²) in [6, 6.07) is 0. The van der Waals surface area contributed by atoms with E-state index >= 15 is 0 Å². The van der Waals surface area contributed by atoms with Crippen LogP contribution in [0.5, 0.6) is 0 Å². The maximum absolute atomic E-state index is 2.70. The zero-order chi connectivity index (χ0) is 20.1.